The Morgan fingerprint density at radius 2 is 2.14 bits per heavy atom. The van der Waals surface area contributed by atoms with Crippen molar-refractivity contribution in [1.82, 2.24) is 4.98 Å². The van der Waals surface area contributed by atoms with E-state index in [1.54, 1.807) is 25.5 Å². The van der Waals surface area contributed by atoms with Gasteiger partial charge in [0.15, 0.2) is 0 Å². The summed E-state index contributed by atoms with van der Waals surface area (Å²) in [6.07, 6.45) is 1.61. The van der Waals surface area contributed by atoms with Crippen LogP contribution in [0.1, 0.15) is 5.56 Å². The van der Waals surface area contributed by atoms with E-state index in [9.17, 15) is 5.11 Å². The summed E-state index contributed by atoms with van der Waals surface area (Å²) in [7, 11) is 1.64. The summed E-state index contributed by atoms with van der Waals surface area (Å²) < 4.78 is 7.03. The predicted molar refractivity (Wildman–Crippen MR) is 89.2 cm³/mol. The van der Waals surface area contributed by atoms with Gasteiger partial charge in [-0.1, -0.05) is 27.3 Å². The second-order valence-electron chi connectivity index (χ2n) is 4.29. The molecule has 0 bridgehead atoms. The van der Waals surface area contributed by atoms with Crippen LogP contribution >= 0.6 is 27.3 Å². The second-order valence-corrected chi connectivity index (χ2v) is 6.22. The predicted octanol–water partition coefficient (Wildman–Crippen LogP) is 4.52. The first-order valence-electron chi connectivity index (χ1n) is 6.13. The monoisotopic (exact) mass is 362 g/mol. The molecule has 0 aliphatic rings. The molecule has 21 heavy (non-hydrogen) atoms. The van der Waals surface area contributed by atoms with Gasteiger partial charge in [0.05, 0.1) is 17.3 Å². The highest BCUT2D eigenvalue weighted by Crippen LogP contribution is 2.31. The molecule has 6 heteroatoms. The Labute approximate surface area is 133 Å². The number of rotatable bonds is 3. The van der Waals surface area contributed by atoms with E-state index in [1.165, 1.54) is 11.3 Å². The quantitative estimate of drug-likeness (QED) is 0.696. The number of hydrogen-bond donors (Lipinski definition) is 1. The number of hydrogen-bond acceptors (Lipinski definition) is 5. The molecule has 0 saturated heterocycles. The lowest BCUT2D eigenvalue weighted by atomic mass is 10.2. The number of halogens is 1. The Morgan fingerprint density at radius 1 is 1.29 bits per heavy atom. The third-order valence-electron chi connectivity index (χ3n) is 2.89. The van der Waals surface area contributed by atoms with Crippen LogP contribution in [0.25, 0.3) is 10.2 Å². The minimum atomic E-state index is 0.177. The van der Waals surface area contributed by atoms with Crippen LogP contribution < -0.4 is 4.74 Å². The Hall–Kier alpha value is -1.92. The van der Waals surface area contributed by atoms with E-state index in [1.807, 2.05) is 24.3 Å². The van der Waals surface area contributed by atoms with E-state index in [0.29, 0.717) is 10.7 Å². The van der Waals surface area contributed by atoms with E-state index in [2.05, 4.69) is 25.9 Å². The number of phenols is 1. The molecule has 0 amide bonds. The van der Waals surface area contributed by atoms with Crippen LogP contribution in [0.3, 0.4) is 0 Å². The van der Waals surface area contributed by atoms with Crippen LogP contribution in [-0.4, -0.2) is 23.4 Å². The number of aliphatic imine (C=N–C) groups is 1. The topological polar surface area (TPSA) is 54.7 Å². The summed E-state index contributed by atoms with van der Waals surface area (Å²) in [5.41, 5.74) is 1.53. The van der Waals surface area contributed by atoms with Gasteiger partial charge in [0, 0.05) is 16.3 Å². The SMILES string of the molecule is COc1ccc2nc(/N=C/c3ccc(Br)cc3O)sc2c1. The number of fused-ring (bicyclic) bond motifs is 1. The van der Waals surface area contributed by atoms with Gasteiger partial charge in [-0.2, -0.15) is 0 Å². The molecule has 0 atom stereocenters. The maximum Gasteiger partial charge on any atom is 0.210 e. The zero-order valence-electron chi connectivity index (χ0n) is 11.1. The van der Waals surface area contributed by atoms with Crippen LogP contribution in [-0.2, 0) is 0 Å². The average molecular weight is 363 g/mol. The van der Waals surface area contributed by atoms with Gasteiger partial charge in [-0.25, -0.2) is 9.98 Å². The smallest absolute Gasteiger partial charge is 0.210 e. The molecule has 0 radical (unpaired) electrons. The number of benzene rings is 2. The fourth-order valence-electron chi connectivity index (χ4n) is 1.83. The molecule has 1 heterocycles. The minimum Gasteiger partial charge on any atom is -0.507 e. The molecule has 0 aliphatic heterocycles. The Bertz CT molecular complexity index is 830. The van der Waals surface area contributed by atoms with Gasteiger partial charge < -0.3 is 9.84 Å². The summed E-state index contributed by atoms with van der Waals surface area (Å²) in [6.45, 7) is 0. The van der Waals surface area contributed by atoms with E-state index in [0.717, 1.165) is 20.4 Å². The molecule has 0 spiro atoms. The summed E-state index contributed by atoms with van der Waals surface area (Å²) in [6, 6.07) is 11.0. The van der Waals surface area contributed by atoms with Gasteiger partial charge in [-0.3, -0.25) is 0 Å². The van der Waals surface area contributed by atoms with E-state index in [-0.39, 0.29) is 5.75 Å². The lowest BCUT2D eigenvalue weighted by Gasteiger charge is -1.97. The molecule has 1 aromatic heterocycles. The van der Waals surface area contributed by atoms with Crippen LogP contribution in [0.4, 0.5) is 5.13 Å². The minimum absolute atomic E-state index is 0.177. The first-order chi connectivity index (χ1) is 10.2. The van der Waals surface area contributed by atoms with Crippen molar-refractivity contribution in [3.8, 4) is 11.5 Å². The highest BCUT2D eigenvalue weighted by Gasteiger charge is 2.04. The lowest BCUT2D eigenvalue weighted by Crippen LogP contribution is -1.81. The summed E-state index contributed by atoms with van der Waals surface area (Å²) in [4.78, 5) is 8.75. The van der Waals surface area contributed by atoms with Crippen molar-refractivity contribution in [3.05, 3.63) is 46.4 Å². The maximum absolute atomic E-state index is 9.82. The zero-order chi connectivity index (χ0) is 14.8. The van der Waals surface area contributed by atoms with Crippen LogP contribution in [0.5, 0.6) is 11.5 Å². The molecule has 0 aliphatic carbocycles. The maximum atomic E-state index is 9.82. The number of aromatic nitrogens is 1. The summed E-state index contributed by atoms with van der Waals surface area (Å²) in [5, 5.41) is 10.5. The normalized spacial score (nSPS) is 11.3. The number of ether oxygens (including phenoxy) is 1. The van der Waals surface area contributed by atoms with Crippen molar-refractivity contribution in [2.45, 2.75) is 0 Å². The Balaban J connectivity index is 1.92. The van der Waals surface area contributed by atoms with Crippen molar-refractivity contribution in [2.24, 2.45) is 4.99 Å². The van der Waals surface area contributed by atoms with Crippen LogP contribution in [0, 0.1) is 0 Å². The number of phenolic OH excluding ortho intramolecular Hbond substituents is 1. The molecular formula is C15H11BrN2O2S. The van der Waals surface area contributed by atoms with E-state index >= 15 is 0 Å². The van der Waals surface area contributed by atoms with Gasteiger partial charge >= 0.3 is 0 Å². The number of thiazole rings is 1. The molecule has 0 unspecified atom stereocenters. The molecule has 2 aromatic carbocycles. The van der Waals surface area contributed by atoms with Gasteiger partial charge in [0.1, 0.15) is 11.5 Å². The number of nitrogens with zero attached hydrogens (tertiary/aromatic N) is 2. The fourth-order valence-corrected chi connectivity index (χ4v) is 3.01. The van der Waals surface area contributed by atoms with Gasteiger partial charge in [-0.05, 0) is 36.4 Å². The molecule has 3 aromatic rings. The largest absolute Gasteiger partial charge is 0.507 e. The summed E-state index contributed by atoms with van der Waals surface area (Å²) in [5.74, 6) is 0.975. The fraction of sp³-hybridized carbons (Fsp3) is 0.0667. The van der Waals surface area contributed by atoms with Crippen molar-refractivity contribution in [3.63, 3.8) is 0 Å². The third-order valence-corrected chi connectivity index (χ3v) is 4.31. The van der Waals surface area contributed by atoms with Crippen molar-refractivity contribution in [2.75, 3.05) is 7.11 Å². The van der Waals surface area contributed by atoms with Gasteiger partial charge in [-0.15, -0.1) is 0 Å². The van der Waals surface area contributed by atoms with Crippen LogP contribution in [0.15, 0.2) is 45.9 Å². The highest BCUT2D eigenvalue weighted by atomic mass is 79.9. The van der Waals surface area contributed by atoms with Crippen molar-refractivity contribution >= 4 is 48.8 Å². The Morgan fingerprint density at radius 3 is 2.90 bits per heavy atom. The van der Waals surface area contributed by atoms with Gasteiger partial charge in [0.2, 0.25) is 5.13 Å². The average Bonchev–Trinajstić information content (AvgIpc) is 2.88. The Kier molecular flexibility index (Phi) is 3.90. The van der Waals surface area contributed by atoms with Gasteiger partial charge in [0.25, 0.3) is 0 Å². The molecule has 0 saturated carbocycles. The summed E-state index contributed by atoms with van der Waals surface area (Å²) >= 11 is 4.78. The van der Waals surface area contributed by atoms with Crippen molar-refractivity contribution < 1.29 is 9.84 Å². The number of methoxy groups -OCH3 is 1. The third kappa shape index (κ3) is 3.06. The second kappa shape index (κ2) is 5.83. The molecule has 106 valence electrons. The highest BCUT2D eigenvalue weighted by molar-refractivity contribution is 9.10. The van der Waals surface area contributed by atoms with E-state index < -0.39 is 0 Å². The number of aromatic hydroxyl groups is 1. The molecule has 0 fully saturated rings. The zero-order valence-corrected chi connectivity index (χ0v) is 13.5. The standard InChI is InChI=1S/C15H11BrN2O2S/c1-20-11-4-5-12-14(7-11)21-15(18-12)17-8-9-2-3-10(16)6-13(9)19/h2-8,19H,1H3/b17-8+. The van der Waals surface area contributed by atoms with E-state index in [4.69, 9.17) is 4.74 Å². The lowest BCUT2D eigenvalue weighted by molar-refractivity contribution is 0.415. The first kappa shape index (κ1) is 14.0. The first-order valence-corrected chi connectivity index (χ1v) is 7.74. The molecular weight excluding hydrogens is 352 g/mol. The molecule has 3 rings (SSSR count). The van der Waals surface area contributed by atoms with Crippen molar-refractivity contribution in [1.29, 1.82) is 0 Å². The molecule has 1 N–H and O–H groups in total. The van der Waals surface area contributed by atoms with Crippen LogP contribution in [0.2, 0.25) is 0 Å². The molecule has 4 nitrogen and oxygen atoms in total.